The first-order valence-corrected chi connectivity index (χ1v) is 6.02. The van der Waals surface area contributed by atoms with E-state index in [2.05, 4.69) is 18.3 Å². The van der Waals surface area contributed by atoms with Crippen LogP contribution in [0, 0.1) is 16.7 Å². The van der Waals surface area contributed by atoms with Gasteiger partial charge in [0.15, 0.2) is 0 Å². The van der Waals surface area contributed by atoms with Crippen molar-refractivity contribution >= 4 is 5.91 Å². The van der Waals surface area contributed by atoms with Gasteiger partial charge in [-0.2, -0.15) is 5.26 Å². The molecule has 0 unspecified atom stereocenters. The molecular weight excluding hydrogens is 204 g/mol. The highest BCUT2D eigenvalue weighted by Crippen LogP contribution is 2.44. The molecule has 1 saturated carbocycles. The van der Waals surface area contributed by atoms with Crippen LogP contribution in [0.1, 0.15) is 39.0 Å². The number of carbonyl (C=O) groups is 1. The summed E-state index contributed by atoms with van der Waals surface area (Å²) >= 11 is 0. The molecule has 4 heteroatoms. The average molecular weight is 224 g/mol. The maximum absolute atomic E-state index is 11.5. The molecule has 0 aliphatic heterocycles. The third kappa shape index (κ3) is 3.82. The Balaban J connectivity index is 1.96. The van der Waals surface area contributed by atoms with Crippen molar-refractivity contribution in [1.82, 2.24) is 5.32 Å². The molecule has 0 spiro atoms. The lowest BCUT2D eigenvalue weighted by atomic mass is 10.1. The van der Waals surface area contributed by atoms with Crippen LogP contribution in [0.4, 0.5) is 0 Å². The second-order valence-electron chi connectivity index (χ2n) is 4.27. The standard InChI is InChI=1S/C12H20N2O2/c1-2-3-8-16-9-4-7-14-11(15)12(10-13)5-6-12/h2-9H2,1H3,(H,14,15). The molecule has 0 saturated heterocycles. The Morgan fingerprint density at radius 3 is 2.69 bits per heavy atom. The van der Waals surface area contributed by atoms with Crippen LogP contribution in [-0.2, 0) is 9.53 Å². The number of hydrogen-bond donors (Lipinski definition) is 1. The Hall–Kier alpha value is -1.08. The summed E-state index contributed by atoms with van der Waals surface area (Å²) in [5, 5.41) is 11.6. The average Bonchev–Trinajstić information content (AvgIpc) is 3.08. The third-order valence-corrected chi connectivity index (χ3v) is 2.79. The molecule has 1 aliphatic carbocycles. The van der Waals surface area contributed by atoms with E-state index in [0.717, 1.165) is 25.9 Å². The molecule has 0 aromatic heterocycles. The minimum atomic E-state index is -0.691. The smallest absolute Gasteiger partial charge is 0.240 e. The summed E-state index contributed by atoms with van der Waals surface area (Å²) in [7, 11) is 0. The SMILES string of the molecule is CCCCOCCCNC(=O)C1(C#N)CC1. The van der Waals surface area contributed by atoms with E-state index in [4.69, 9.17) is 10.00 Å². The van der Waals surface area contributed by atoms with Crippen LogP contribution in [0.2, 0.25) is 0 Å². The highest BCUT2D eigenvalue weighted by Gasteiger charge is 2.50. The topological polar surface area (TPSA) is 62.1 Å². The maximum Gasteiger partial charge on any atom is 0.240 e. The van der Waals surface area contributed by atoms with Crippen LogP contribution in [0.25, 0.3) is 0 Å². The molecule has 0 atom stereocenters. The van der Waals surface area contributed by atoms with E-state index in [1.54, 1.807) is 0 Å². The van der Waals surface area contributed by atoms with Crippen molar-refractivity contribution in [3.05, 3.63) is 0 Å². The number of hydrogen-bond acceptors (Lipinski definition) is 3. The fraction of sp³-hybridized carbons (Fsp3) is 0.833. The first-order valence-electron chi connectivity index (χ1n) is 6.02. The lowest BCUT2D eigenvalue weighted by Crippen LogP contribution is -2.32. The molecular formula is C12H20N2O2. The molecule has 1 N–H and O–H groups in total. The third-order valence-electron chi connectivity index (χ3n) is 2.79. The van der Waals surface area contributed by atoms with Gasteiger partial charge in [0, 0.05) is 19.8 Å². The van der Waals surface area contributed by atoms with Gasteiger partial charge in [0.2, 0.25) is 5.91 Å². The summed E-state index contributed by atoms with van der Waals surface area (Å²) in [6.07, 6.45) is 4.47. The van der Waals surface area contributed by atoms with Gasteiger partial charge in [0.05, 0.1) is 6.07 Å². The summed E-state index contributed by atoms with van der Waals surface area (Å²) in [5.41, 5.74) is -0.691. The zero-order chi connectivity index (χ0) is 11.9. The van der Waals surface area contributed by atoms with Gasteiger partial charge in [-0.25, -0.2) is 0 Å². The normalized spacial score (nSPS) is 16.5. The van der Waals surface area contributed by atoms with Gasteiger partial charge in [-0.05, 0) is 25.7 Å². The van der Waals surface area contributed by atoms with Crippen molar-refractivity contribution in [3.8, 4) is 6.07 Å². The van der Waals surface area contributed by atoms with Crippen LogP contribution in [0.3, 0.4) is 0 Å². The Labute approximate surface area is 97.0 Å². The summed E-state index contributed by atoms with van der Waals surface area (Å²) < 4.78 is 5.37. The maximum atomic E-state index is 11.5. The molecule has 0 aromatic rings. The number of nitriles is 1. The summed E-state index contributed by atoms with van der Waals surface area (Å²) in [6.45, 7) is 4.21. The van der Waals surface area contributed by atoms with Crippen LogP contribution >= 0.6 is 0 Å². The summed E-state index contributed by atoms with van der Waals surface area (Å²) in [4.78, 5) is 11.5. The number of carbonyl (C=O) groups excluding carboxylic acids is 1. The van der Waals surface area contributed by atoms with Crippen LogP contribution in [0.5, 0.6) is 0 Å². The van der Waals surface area contributed by atoms with Crippen molar-refractivity contribution < 1.29 is 9.53 Å². The number of nitrogens with one attached hydrogen (secondary N) is 1. The van der Waals surface area contributed by atoms with E-state index in [9.17, 15) is 4.79 Å². The lowest BCUT2D eigenvalue weighted by Gasteiger charge is -2.08. The Bertz CT molecular complexity index is 267. The number of ether oxygens (including phenoxy) is 1. The molecule has 1 aliphatic rings. The van der Waals surface area contributed by atoms with E-state index < -0.39 is 5.41 Å². The highest BCUT2D eigenvalue weighted by molar-refractivity contribution is 5.88. The first kappa shape index (κ1) is 13.0. The van der Waals surface area contributed by atoms with E-state index in [0.29, 0.717) is 26.0 Å². The number of amides is 1. The number of rotatable bonds is 8. The van der Waals surface area contributed by atoms with Crippen molar-refractivity contribution in [3.63, 3.8) is 0 Å². The lowest BCUT2D eigenvalue weighted by molar-refractivity contribution is -0.124. The second kappa shape index (κ2) is 6.49. The molecule has 0 radical (unpaired) electrons. The first-order chi connectivity index (χ1) is 7.75. The van der Waals surface area contributed by atoms with Crippen molar-refractivity contribution in [2.75, 3.05) is 19.8 Å². The highest BCUT2D eigenvalue weighted by atomic mass is 16.5. The summed E-state index contributed by atoms with van der Waals surface area (Å²) in [5.74, 6) is -0.108. The Kier molecular flexibility index (Phi) is 5.27. The zero-order valence-corrected chi connectivity index (χ0v) is 9.92. The molecule has 0 aromatic carbocycles. The van der Waals surface area contributed by atoms with Crippen molar-refractivity contribution in [2.24, 2.45) is 5.41 Å². The Morgan fingerprint density at radius 1 is 1.44 bits per heavy atom. The van der Waals surface area contributed by atoms with Gasteiger partial charge in [-0.15, -0.1) is 0 Å². The van der Waals surface area contributed by atoms with E-state index in [-0.39, 0.29) is 5.91 Å². The van der Waals surface area contributed by atoms with Gasteiger partial charge in [-0.3, -0.25) is 4.79 Å². The monoisotopic (exact) mass is 224 g/mol. The molecule has 1 rings (SSSR count). The second-order valence-corrected chi connectivity index (χ2v) is 4.27. The quantitative estimate of drug-likeness (QED) is 0.637. The van der Waals surface area contributed by atoms with Gasteiger partial charge >= 0.3 is 0 Å². The number of unbranched alkanes of at least 4 members (excludes halogenated alkanes) is 1. The van der Waals surface area contributed by atoms with Crippen molar-refractivity contribution in [1.29, 1.82) is 5.26 Å². The van der Waals surface area contributed by atoms with Gasteiger partial charge < -0.3 is 10.1 Å². The van der Waals surface area contributed by atoms with Gasteiger partial charge in [0.1, 0.15) is 5.41 Å². The van der Waals surface area contributed by atoms with Gasteiger partial charge in [0.25, 0.3) is 0 Å². The predicted octanol–water partition coefficient (Wildman–Crippen LogP) is 1.61. The molecule has 0 bridgehead atoms. The van der Waals surface area contributed by atoms with Crippen LogP contribution < -0.4 is 5.32 Å². The molecule has 0 heterocycles. The van der Waals surface area contributed by atoms with E-state index in [1.165, 1.54) is 0 Å². The molecule has 1 amide bonds. The van der Waals surface area contributed by atoms with E-state index in [1.807, 2.05) is 0 Å². The fourth-order valence-electron chi connectivity index (χ4n) is 1.41. The minimum Gasteiger partial charge on any atom is -0.381 e. The molecule has 4 nitrogen and oxygen atoms in total. The fourth-order valence-corrected chi connectivity index (χ4v) is 1.41. The van der Waals surface area contributed by atoms with Crippen LogP contribution in [0.15, 0.2) is 0 Å². The van der Waals surface area contributed by atoms with E-state index >= 15 is 0 Å². The zero-order valence-electron chi connectivity index (χ0n) is 9.92. The summed E-state index contributed by atoms with van der Waals surface area (Å²) in [6, 6.07) is 2.08. The predicted molar refractivity (Wildman–Crippen MR) is 60.6 cm³/mol. The number of nitrogens with zero attached hydrogens (tertiary/aromatic N) is 1. The molecule has 16 heavy (non-hydrogen) atoms. The molecule has 90 valence electrons. The largest absolute Gasteiger partial charge is 0.381 e. The van der Waals surface area contributed by atoms with Gasteiger partial charge in [-0.1, -0.05) is 13.3 Å². The van der Waals surface area contributed by atoms with Crippen molar-refractivity contribution in [2.45, 2.75) is 39.0 Å². The minimum absolute atomic E-state index is 0.108. The van der Waals surface area contributed by atoms with Crippen LogP contribution in [-0.4, -0.2) is 25.7 Å². The Morgan fingerprint density at radius 2 is 2.12 bits per heavy atom. The molecule has 1 fully saturated rings.